The molecule has 0 radical (unpaired) electrons. The van der Waals surface area contributed by atoms with Crippen molar-refractivity contribution in [3.05, 3.63) is 85.1 Å². The van der Waals surface area contributed by atoms with Crippen molar-refractivity contribution in [3.8, 4) is 0 Å². The van der Waals surface area contributed by atoms with Crippen LogP contribution in [-0.4, -0.2) is 70.8 Å². The minimum Gasteiger partial charge on any atom is -0.468 e. The summed E-state index contributed by atoms with van der Waals surface area (Å²) in [4.78, 5) is 49.6. The predicted molar refractivity (Wildman–Crippen MR) is 162 cm³/mol. The number of carbonyl (C=O) groups is 4. The van der Waals surface area contributed by atoms with E-state index in [1.54, 1.807) is 6.92 Å². The first-order valence-electron chi connectivity index (χ1n) is 13.3. The van der Waals surface area contributed by atoms with Crippen LogP contribution in [0.1, 0.15) is 27.7 Å². The summed E-state index contributed by atoms with van der Waals surface area (Å²) in [6, 6.07) is 20.4. The lowest BCUT2D eigenvalue weighted by Crippen LogP contribution is -2.67. The van der Waals surface area contributed by atoms with Crippen LogP contribution in [-0.2, 0) is 28.3 Å². The number of methoxy groups -OCH3 is 1. The molecule has 1 unspecified atom stereocenters. The molecule has 0 aliphatic carbocycles. The molecule has 0 bridgehead atoms. The van der Waals surface area contributed by atoms with Gasteiger partial charge in [0.1, 0.15) is 6.54 Å². The monoisotopic (exact) mass is 579 g/mol. The number of esters is 1. The smallest absolute Gasteiger partial charge is 0.325 e. The first kappa shape index (κ1) is 33.2. The van der Waals surface area contributed by atoms with Crippen LogP contribution in [0.25, 0.3) is 0 Å². The summed E-state index contributed by atoms with van der Waals surface area (Å²) in [5.74, 6) is -2.37. The van der Waals surface area contributed by atoms with Crippen LogP contribution in [0.2, 0.25) is 5.04 Å². The summed E-state index contributed by atoms with van der Waals surface area (Å²) in [7, 11) is -0.140. The molecule has 2 N–H and O–H groups in total. The van der Waals surface area contributed by atoms with E-state index in [0.717, 1.165) is 10.4 Å². The Bertz CT molecular complexity index is 1200. The molecular weight excluding hydrogens is 538 g/mol. The highest BCUT2D eigenvalue weighted by Gasteiger charge is 2.50. The topological polar surface area (TPSA) is 114 Å². The van der Waals surface area contributed by atoms with E-state index in [2.05, 4.69) is 67.0 Å². The maximum atomic E-state index is 13.0. The molecule has 0 saturated carbocycles. The third kappa shape index (κ3) is 9.26. The van der Waals surface area contributed by atoms with Crippen molar-refractivity contribution in [2.75, 3.05) is 33.9 Å². The number of ether oxygens (including phenoxy) is 1. The number of likely N-dealkylation sites (N-methyl/N-ethyl adjacent to an activating group) is 1. The molecule has 0 spiro atoms. The Kier molecular flexibility index (Phi) is 12.2. The van der Waals surface area contributed by atoms with Crippen LogP contribution < -0.4 is 21.0 Å². The van der Waals surface area contributed by atoms with Crippen molar-refractivity contribution in [1.29, 1.82) is 0 Å². The van der Waals surface area contributed by atoms with E-state index in [9.17, 15) is 19.2 Å². The van der Waals surface area contributed by atoms with Gasteiger partial charge in [-0.2, -0.15) is 0 Å². The van der Waals surface area contributed by atoms with Crippen LogP contribution in [0.3, 0.4) is 0 Å². The zero-order valence-electron chi connectivity index (χ0n) is 24.7. The molecule has 2 aromatic rings. The zero-order valence-corrected chi connectivity index (χ0v) is 25.7. The van der Waals surface area contributed by atoms with Gasteiger partial charge in [-0.25, -0.2) is 0 Å². The second-order valence-corrected chi connectivity index (χ2v) is 15.1. The summed E-state index contributed by atoms with van der Waals surface area (Å²) in [6.07, 6.45) is 2.58. The fourth-order valence-electron chi connectivity index (χ4n) is 4.30. The highest BCUT2D eigenvalue weighted by Crippen LogP contribution is 2.37. The van der Waals surface area contributed by atoms with Crippen molar-refractivity contribution in [1.82, 2.24) is 15.5 Å². The minimum absolute atomic E-state index is 0.193. The molecule has 0 fully saturated rings. The summed E-state index contributed by atoms with van der Waals surface area (Å²) < 4.78 is 11.3. The quantitative estimate of drug-likeness (QED) is 0.163. The first-order valence-corrected chi connectivity index (χ1v) is 15.2. The normalized spacial score (nSPS) is 12.3. The molecular formula is C31H41N3O6Si. The third-order valence-electron chi connectivity index (χ3n) is 6.54. The number of hydrogen-bond donors (Lipinski definition) is 2. The Balaban J connectivity index is 2.04. The molecule has 10 heteroatoms. The molecule has 2 aromatic carbocycles. The predicted octanol–water partition coefficient (Wildman–Crippen LogP) is 2.13. The number of nitrogens with one attached hydrogen (secondary N) is 2. The van der Waals surface area contributed by atoms with Crippen molar-refractivity contribution in [2.45, 2.75) is 32.7 Å². The molecule has 0 heterocycles. The van der Waals surface area contributed by atoms with Gasteiger partial charge in [0.15, 0.2) is 0 Å². The Morgan fingerprint density at radius 2 is 1.51 bits per heavy atom. The molecule has 3 amide bonds. The standard InChI is InChI=1S/C31H41N3O6Si/c1-23(30(38)33-24(2)18-19-28(36)34(6)21-27(35)32-20-29(37)39-7)22-40-41(31(3,4)5,25-14-10-8-11-15-25)26-16-12-9-13-17-26/h8-19,23H,2,20-22H2,1,3-7H3,(H,32,35)(H,33,38)/b19-18+. The van der Waals surface area contributed by atoms with Crippen LogP contribution in [0.4, 0.5) is 0 Å². The number of carbonyl (C=O) groups excluding carboxylic acids is 4. The van der Waals surface area contributed by atoms with Crippen LogP contribution in [0.15, 0.2) is 85.1 Å². The second kappa shape index (κ2) is 15.1. The van der Waals surface area contributed by atoms with Gasteiger partial charge in [0, 0.05) is 25.4 Å². The Labute approximate surface area is 243 Å². The Morgan fingerprint density at radius 1 is 0.976 bits per heavy atom. The van der Waals surface area contributed by atoms with Crippen molar-refractivity contribution in [2.24, 2.45) is 5.92 Å². The zero-order chi connectivity index (χ0) is 30.6. The number of amides is 3. The van der Waals surface area contributed by atoms with E-state index < -0.39 is 32.0 Å². The van der Waals surface area contributed by atoms with Gasteiger partial charge in [-0.3, -0.25) is 19.2 Å². The summed E-state index contributed by atoms with van der Waals surface area (Å²) >= 11 is 0. The second-order valence-electron chi connectivity index (χ2n) is 10.8. The van der Waals surface area contributed by atoms with Crippen molar-refractivity contribution in [3.63, 3.8) is 0 Å². The molecule has 1 atom stereocenters. The molecule has 41 heavy (non-hydrogen) atoms. The van der Waals surface area contributed by atoms with Gasteiger partial charge in [0.2, 0.25) is 17.7 Å². The summed E-state index contributed by atoms with van der Waals surface area (Å²) in [5.41, 5.74) is 0.226. The lowest BCUT2D eigenvalue weighted by atomic mass is 10.2. The SMILES string of the molecule is C=C(/C=C/C(=O)N(C)CC(=O)NCC(=O)OC)NC(=O)C(C)CO[Si](c1ccccc1)(c1ccccc1)C(C)(C)C. The molecule has 0 saturated heterocycles. The van der Waals surface area contributed by atoms with Gasteiger partial charge in [-0.15, -0.1) is 0 Å². The highest BCUT2D eigenvalue weighted by molar-refractivity contribution is 6.99. The van der Waals surface area contributed by atoms with E-state index in [0.29, 0.717) is 0 Å². The average molecular weight is 580 g/mol. The fraction of sp³-hybridized carbons (Fsp3) is 0.355. The molecule has 0 aromatic heterocycles. The number of hydrogen-bond acceptors (Lipinski definition) is 6. The van der Waals surface area contributed by atoms with Crippen LogP contribution in [0.5, 0.6) is 0 Å². The fourth-order valence-corrected chi connectivity index (χ4v) is 8.96. The van der Waals surface area contributed by atoms with E-state index >= 15 is 0 Å². The molecule has 220 valence electrons. The van der Waals surface area contributed by atoms with Gasteiger partial charge in [-0.1, -0.05) is 94.9 Å². The van der Waals surface area contributed by atoms with Gasteiger partial charge < -0.3 is 24.7 Å². The Morgan fingerprint density at radius 3 is 2.00 bits per heavy atom. The number of benzene rings is 2. The third-order valence-corrected chi connectivity index (χ3v) is 11.5. The van der Waals surface area contributed by atoms with Crippen LogP contribution >= 0.6 is 0 Å². The largest absolute Gasteiger partial charge is 0.468 e. The average Bonchev–Trinajstić information content (AvgIpc) is 2.95. The lowest BCUT2D eigenvalue weighted by Gasteiger charge is -2.43. The number of allylic oxidation sites excluding steroid dienone is 1. The number of rotatable bonds is 13. The molecule has 0 aliphatic heterocycles. The molecule has 0 aliphatic rings. The van der Waals surface area contributed by atoms with E-state index in [4.69, 9.17) is 4.43 Å². The van der Waals surface area contributed by atoms with E-state index in [1.165, 1.54) is 31.2 Å². The summed E-state index contributed by atoms with van der Waals surface area (Å²) in [5, 5.41) is 7.11. The van der Waals surface area contributed by atoms with Gasteiger partial charge >= 0.3 is 5.97 Å². The van der Waals surface area contributed by atoms with Gasteiger partial charge in [0.05, 0.1) is 19.6 Å². The number of nitrogens with zero attached hydrogens (tertiary/aromatic N) is 1. The van der Waals surface area contributed by atoms with Crippen molar-refractivity contribution >= 4 is 42.4 Å². The summed E-state index contributed by atoms with van der Waals surface area (Å²) in [6.45, 7) is 11.8. The van der Waals surface area contributed by atoms with E-state index in [1.807, 2.05) is 36.4 Å². The van der Waals surface area contributed by atoms with Gasteiger partial charge in [-0.05, 0) is 21.5 Å². The molecule has 9 nitrogen and oxygen atoms in total. The maximum Gasteiger partial charge on any atom is 0.325 e. The molecule has 2 rings (SSSR count). The Hall–Kier alpha value is -4.02. The van der Waals surface area contributed by atoms with Crippen molar-refractivity contribution < 1.29 is 28.3 Å². The van der Waals surface area contributed by atoms with Crippen LogP contribution in [0, 0.1) is 5.92 Å². The van der Waals surface area contributed by atoms with E-state index in [-0.39, 0.29) is 36.3 Å². The maximum absolute atomic E-state index is 13.0. The lowest BCUT2D eigenvalue weighted by molar-refractivity contribution is -0.141. The minimum atomic E-state index is -2.79. The first-order chi connectivity index (χ1) is 19.3. The van der Waals surface area contributed by atoms with Gasteiger partial charge in [0.25, 0.3) is 8.32 Å². The highest BCUT2D eigenvalue weighted by atomic mass is 28.4.